The van der Waals surface area contributed by atoms with Crippen molar-refractivity contribution in [3.8, 4) is 0 Å². The number of nitrogen functional groups attached to an aromatic ring is 1. The minimum atomic E-state index is -0.0448. The lowest BCUT2D eigenvalue weighted by molar-refractivity contribution is 0.128. The number of anilines is 1. The van der Waals surface area contributed by atoms with Crippen LogP contribution in [0.4, 0.5) is 5.82 Å². The lowest BCUT2D eigenvalue weighted by Gasteiger charge is -2.42. The number of hydrogen-bond donors (Lipinski definition) is 2. The van der Waals surface area contributed by atoms with Gasteiger partial charge in [-0.25, -0.2) is 9.97 Å². The van der Waals surface area contributed by atoms with Gasteiger partial charge in [0.1, 0.15) is 17.3 Å². The zero-order chi connectivity index (χ0) is 14.0. The van der Waals surface area contributed by atoms with E-state index in [0.717, 1.165) is 32.0 Å². The Morgan fingerprint density at radius 1 is 1.16 bits per heavy atom. The molecule has 0 aliphatic carbocycles. The maximum Gasteiger partial charge on any atom is 0.147 e. The number of nitrogens with two attached hydrogens (primary N) is 1. The van der Waals surface area contributed by atoms with E-state index in [2.05, 4.69) is 40.5 Å². The Labute approximate surface area is 114 Å². The molecule has 1 aliphatic heterocycles. The molecule has 6 heteroatoms. The van der Waals surface area contributed by atoms with Crippen molar-refractivity contribution in [2.75, 3.05) is 31.1 Å². The first-order chi connectivity index (χ1) is 8.88. The molecule has 0 aromatic carbocycles. The third kappa shape index (κ3) is 3.20. The highest BCUT2D eigenvalue weighted by molar-refractivity contribution is 5.92. The average molecular weight is 262 g/mol. The molecule has 104 valence electrons. The first-order valence-corrected chi connectivity index (χ1v) is 6.54. The third-order valence-corrected chi connectivity index (χ3v) is 3.47. The van der Waals surface area contributed by atoms with E-state index in [1.807, 2.05) is 0 Å². The van der Waals surface area contributed by atoms with Crippen LogP contribution in [0.2, 0.25) is 0 Å². The Bertz CT molecular complexity index is 439. The predicted molar refractivity (Wildman–Crippen MR) is 76.6 cm³/mol. The summed E-state index contributed by atoms with van der Waals surface area (Å²) in [6.07, 6.45) is 3.26. The van der Waals surface area contributed by atoms with Gasteiger partial charge < -0.3 is 10.6 Å². The normalized spacial score (nSPS) is 17.5. The molecule has 0 unspecified atom stereocenters. The van der Waals surface area contributed by atoms with Gasteiger partial charge >= 0.3 is 0 Å². The van der Waals surface area contributed by atoms with Crippen molar-refractivity contribution in [3.05, 3.63) is 18.1 Å². The molecule has 0 radical (unpaired) electrons. The Kier molecular flexibility index (Phi) is 3.71. The summed E-state index contributed by atoms with van der Waals surface area (Å²) in [7, 11) is 0. The maximum absolute atomic E-state index is 7.30. The summed E-state index contributed by atoms with van der Waals surface area (Å²) >= 11 is 0. The van der Waals surface area contributed by atoms with Crippen LogP contribution in [0.1, 0.15) is 26.5 Å². The Morgan fingerprint density at radius 2 is 1.79 bits per heavy atom. The molecule has 0 atom stereocenters. The van der Waals surface area contributed by atoms with E-state index in [4.69, 9.17) is 11.1 Å². The van der Waals surface area contributed by atoms with E-state index in [0.29, 0.717) is 5.69 Å². The lowest BCUT2D eigenvalue weighted by Crippen LogP contribution is -2.53. The van der Waals surface area contributed by atoms with Crippen molar-refractivity contribution in [3.63, 3.8) is 0 Å². The maximum atomic E-state index is 7.30. The molecule has 1 saturated heterocycles. The number of nitrogens with one attached hydrogen (secondary N) is 1. The Balaban J connectivity index is 2.00. The minimum Gasteiger partial charge on any atom is -0.382 e. The molecule has 3 N–H and O–H groups in total. The van der Waals surface area contributed by atoms with Gasteiger partial charge in [-0.05, 0) is 20.8 Å². The molecule has 0 spiro atoms. The quantitative estimate of drug-likeness (QED) is 0.605. The first-order valence-electron chi connectivity index (χ1n) is 6.54. The van der Waals surface area contributed by atoms with Crippen LogP contribution >= 0.6 is 0 Å². The van der Waals surface area contributed by atoms with Crippen LogP contribution in [0.5, 0.6) is 0 Å². The van der Waals surface area contributed by atoms with Crippen molar-refractivity contribution in [2.45, 2.75) is 26.3 Å². The topological polar surface area (TPSA) is 82.1 Å². The molecule has 1 aromatic rings. The molecule has 1 fully saturated rings. The molecule has 0 amide bonds. The van der Waals surface area contributed by atoms with Crippen LogP contribution < -0.4 is 10.6 Å². The summed E-state index contributed by atoms with van der Waals surface area (Å²) in [4.78, 5) is 13.2. The number of piperazine rings is 1. The molecule has 0 bridgehead atoms. The fourth-order valence-corrected chi connectivity index (χ4v) is 2.23. The summed E-state index contributed by atoms with van der Waals surface area (Å²) < 4.78 is 0. The van der Waals surface area contributed by atoms with Crippen LogP contribution in [0.25, 0.3) is 0 Å². The van der Waals surface area contributed by atoms with E-state index in [9.17, 15) is 0 Å². The van der Waals surface area contributed by atoms with E-state index < -0.39 is 0 Å². The zero-order valence-corrected chi connectivity index (χ0v) is 11.8. The van der Waals surface area contributed by atoms with Crippen molar-refractivity contribution < 1.29 is 0 Å². The van der Waals surface area contributed by atoms with Crippen LogP contribution in [0, 0.1) is 5.41 Å². The van der Waals surface area contributed by atoms with Crippen LogP contribution in [0.15, 0.2) is 12.4 Å². The number of amidine groups is 1. The summed E-state index contributed by atoms with van der Waals surface area (Å²) in [6.45, 7) is 10.7. The fraction of sp³-hybridized carbons (Fsp3) is 0.615. The SMILES string of the molecule is CC(C)(C)N1CCN(c2cnc(C(=N)N)cn2)CC1. The highest BCUT2D eigenvalue weighted by atomic mass is 15.3. The van der Waals surface area contributed by atoms with E-state index >= 15 is 0 Å². The van der Waals surface area contributed by atoms with Crippen molar-refractivity contribution in [1.82, 2.24) is 14.9 Å². The molecular weight excluding hydrogens is 240 g/mol. The summed E-state index contributed by atoms with van der Waals surface area (Å²) in [5.74, 6) is 0.815. The van der Waals surface area contributed by atoms with Crippen LogP contribution in [0.3, 0.4) is 0 Å². The van der Waals surface area contributed by atoms with E-state index in [1.165, 1.54) is 0 Å². The molecule has 1 aromatic heterocycles. The smallest absolute Gasteiger partial charge is 0.147 e. The number of hydrogen-bond acceptors (Lipinski definition) is 5. The third-order valence-electron chi connectivity index (χ3n) is 3.47. The molecule has 1 aliphatic rings. The molecule has 19 heavy (non-hydrogen) atoms. The zero-order valence-electron chi connectivity index (χ0n) is 11.8. The monoisotopic (exact) mass is 262 g/mol. The van der Waals surface area contributed by atoms with Gasteiger partial charge in [-0.2, -0.15) is 0 Å². The average Bonchev–Trinajstić information content (AvgIpc) is 2.38. The van der Waals surface area contributed by atoms with Crippen molar-refractivity contribution in [2.24, 2.45) is 5.73 Å². The second-order valence-corrected chi connectivity index (χ2v) is 5.82. The standard InChI is InChI=1S/C13H22N6/c1-13(2,3)19-6-4-18(5-7-19)11-9-16-10(8-17-11)12(14)15/h8-9H,4-7H2,1-3H3,(H3,14,15). The summed E-state index contributed by atoms with van der Waals surface area (Å²) in [5.41, 5.74) is 6.02. The highest BCUT2D eigenvalue weighted by Crippen LogP contribution is 2.18. The predicted octanol–water partition coefficient (Wildman–Crippen LogP) is 0.681. The van der Waals surface area contributed by atoms with Crippen LogP contribution in [-0.2, 0) is 0 Å². The summed E-state index contributed by atoms with van der Waals surface area (Å²) in [6, 6.07) is 0. The number of nitrogens with zero attached hydrogens (tertiary/aromatic N) is 4. The molecule has 2 heterocycles. The van der Waals surface area contributed by atoms with Gasteiger partial charge in [-0.3, -0.25) is 10.3 Å². The van der Waals surface area contributed by atoms with Gasteiger partial charge in [0.25, 0.3) is 0 Å². The van der Waals surface area contributed by atoms with Gasteiger partial charge in [0, 0.05) is 31.7 Å². The second kappa shape index (κ2) is 5.13. The molecule has 0 saturated carbocycles. The van der Waals surface area contributed by atoms with Crippen LogP contribution in [-0.4, -0.2) is 52.4 Å². The highest BCUT2D eigenvalue weighted by Gasteiger charge is 2.26. The number of aromatic nitrogens is 2. The fourth-order valence-electron chi connectivity index (χ4n) is 2.23. The van der Waals surface area contributed by atoms with Gasteiger partial charge in [-0.1, -0.05) is 0 Å². The van der Waals surface area contributed by atoms with Crippen molar-refractivity contribution in [1.29, 1.82) is 5.41 Å². The molecule has 6 nitrogen and oxygen atoms in total. The van der Waals surface area contributed by atoms with E-state index in [1.54, 1.807) is 12.4 Å². The van der Waals surface area contributed by atoms with Gasteiger partial charge in [0.05, 0.1) is 12.4 Å². The Hall–Kier alpha value is -1.69. The van der Waals surface area contributed by atoms with Gasteiger partial charge in [0.15, 0.2) is 0 Å². The first kappa shape index (κ1) is 13.7. The molecular formula is C13H22N6. The minimum absolute atomic E-state index is 0.0448. The lowest BCUT2D eigenvalue weighted by atomic mass is 10.1. The van der Waals surface area contributed by atoms with E-state index in [-0.39, 0.29) is 11.4 Å². The molecule has 2 rings (SSSR count). The number of rotatable bonds is 2. The largest absolute Gasteiger partial charge is 0.382 e. The second-order valence-electron chi connectivity index (χ2n) is 5.82. The van der Waals surface area contributed by atoms with Crippen molar-refractivity contribution >= 4 is 11.7 Å². The van der Waals surface area contributed by atoms with Gasteiger partial charge in [0.2, 0.25) is 0 Å². The summed E-state index contributed by atoms with van der Waals surface area (Å²) in [5, 5.41) is 7.30. The van der Waals surface area contributed by atoms with Gasteiger partial charge in [-0.15, -0.1) is 0 Å². The Morgan fingerprint density at radius 3 is 2.21 bits per heavy atom.